The number of carbonyl (C=O) groups excluding carboxylic acids is 1. The van der Waals surface area contributed by atoms with E-state index in [9.17, 15) is 4.79 Å². The summed E-state index contributed by atoms with van der Waals surface area (Å²) in [4.78, 5) is 15.7. The summed E-state index contributed by atoms with van der Waals surface area (Å²) < 4.78 is 0. The Morgan fingerprint density at radius 2 is 1.71 bits per heavy atom. The average Bonchev–Trinajstić information content (AvgIpc) is 2.21. The van der Waals surface area contributed by atoms with E-state index < -0.39 is 5.41 Å². The zero-order valence-electron chi connectivity index (χ0n) is 12.1. The van der Waals surface area contributed by atoms with Gasteiger partial charge in [-0.25, -0.2) is 0 Å². The molecule has 0 saturated heterocycles. The van der Waals surface area contributed by atoms with Gasteiger partial charge in [0, 0.05) is 26.2 Å². The van der Waals surface area contributed by atoms with Gasteiger partial charge in [-0.1, -0.05) is 0 Å². The Kier molecular flexibility index (Phi) is 5.45. The van der Waals surface area contributed by atoms with Gasteiger partial charge in [0.05, 0.1) is 5.41 Å². The first-order chi connectivity index (χ1) is 7.62. The fraction of sp³-hybridized carbons (Fsp3) is 0.833. The lowest BCUT2D eigenvalue weighted by Gasteiger charge is -2.27. The minimum Gasteiger partial charge on any atom is -0.359 e. The van der Waals surface area contributed by atoms with Crippen molar-refractivity contribution in [3.63, 3.8) is 0 Å². The molecule has 0 heterocycles. The van der Waals surface area contributed by atoms with Crippen LogP contribution in [-0.4, -0.2) is 38.0 Å². The van der Waals surface area contributed by atoms with Gasteiger partial charge >= 0.3 is 0 Å². The third kappa shape index (κ3) is 6.14. The number of guanidine groups is 1. The quantitative estimate of drug-likeness (QED) is 0.505. The second-order valence-electron chi connectivity index (χ2n) is 5.76. The molecule has 0 aromatic rings. The standard InChI is InChI=1S/C12H26N4O/c1-11(2,3)16-10(14-7)15-8-12(4,5)9(17)13-6/h8H2,1-7H3,(H,13,17)(H2,14,15,16). The van der Waals surface area contributed by atoms with Crippen LogP contribution in [0.3, 0.4) is 0 Å². The van der Waals surface area contributed by atoms with Crippen molar-refractivity contribution in [1.82, 2.24) is 16.0 Å². The van der Waals surface area contributed by atoms with Crippen molar-refractivity contribution >= 4 is 11.9 Å². The average molecular weight is 242 g/mol. The predicted octanol–water partition coefficient (Wildman–Crippen LogP) is 0.722. The molecule has 0 rings (SSSR count). The molecule has 3 N–H and O–H groups in total. The highest BCUT2D eigenvalue weighted by atomic mass is 16.2. The number of carbonyl (C=O) groups is 1. The molecule has 0 aliphatic rings. The zero-order valence-corrected chi connectivity index (χ0v) is 12.1. The highest BCUT2D eigenvalue weighted by Gasteiger charge is 2.27. The minimum atomic E-state index is -0.468. The molecule has 0 aliphatic carbocycles. The number of hydrogen-bond donors (Lipinski definition) is 3. The van der Waals surface area contributed by atoms with Gasteiger partial charge in [0.15, 0.2) is 5.96 Å². The molecule has 5 heteroatoms. The molecule has 0 saturated carbocycles. The minimum absolute atomic E-state index is 0.0104. The summed E-state index contributed by atoms with van der Waals surface area (Å²) in [6.45, 7) is 10.5. The normalized spacial score (nSPS) is 13.2. The van der Waals surface area contributed by atoms with Crippen molar-refractivity contribution < 1.29 is 4.79 Å². The molecule has 0 spiro atoms. The van der Waals surface area contributed by atoms with Crippen LogP contribution in [0.1, 0.15) is 34.6 Å². The van der Waals surface area contributed by atoms with E-state index in [1.165, 1.54) is 0 Å². The van der Waals surface area contributed by atoms with Gasteiger partial charge < -0.3 is 16.0 Å². The molecule has 0 radical (unpaired) electrons. The SMILES string of the molecule is CN=C(NCC(C)(C)C(=O)NC)NC(C)(C)C. The second kappa shape index (κ2) is 5.89. The molecule has 0 aromatic heterocycles. The van der Waals surface area contributed by atoms with Crippen LogP contribution < -0.4 is 16.0 Å². The molecule has 5 nitrogen and oxygen atoms in total. The first-order valence-corrected chi connectivity index (χ1v) is 5.83. The Morgan fingerprint density at radius 3 is 2.06 bits per heavy atom. The van der Waals surface area contributed by atoms with Crippen LogP contribution in [0, 0.1) is 5.41 Å². The van der Waals surface area contributed by atoms with Gasteiger partial charge in [0.2, 0.25) is 5.91 Å². The molecule has 0 aromatic carbocycles. The summed E-state index contributed by atoms with van der Waals surface area (Å²) >= 11 is 0. The molecule has 100 valence electrons. The molecule has 0 unspecified atom stereocenters. The highest BCUT2D eigenvalue weighted by molar-refractivity contribution is 5.84. The third-order valence-corrected chi connectivity index (χ3v) is 2.26. The Labute approximate surface area is 104 Å². The van der Waals surface area contributed by atoms with Gasteiger partial charge in [-0.05, 0) is 34.6 Å². The molecule has 0 bridgehead atoms. The maximum absolute atomic E-state index is 11.6. The van der Waals surface area contributed by atoms with Crippen molar-refractivity contribution in [3.05, 3.63) is 0 Å². The number of nitrogens with zero attached hydrogens (tertiary/aromatic N) is 1. The van der Waals surface area contributed by atoms with Crippen molar-refractivity contribution in [2.45, 2.75) is 40.2 Å². The van der Waals surface area contributed by atoms with Gasteiger partial charge in [-0.2, -0.15) is 0 Å². The molecule has 17 heavy (non-hydrogen) atoms. The maximum atomic E-state index is 11.6. The van der Waals surface area contributed by atoms with E-state index in [2.05, 4.69) is 41.7 Å². The van der Waals surface area contributed by atoms with Gasteiger partial charge in [-0.3, -0.25) is 9.79 Å². The summed E-state index contributed by atoms with van der Waals surface area (Å²) in [7, 11) is 3.36. The molecule has 0 fully saturated rings. The topological polar surface area (TPSA) is 65.5 Å². The van der Waals surface area contributed by atoms with Gasteiger partial charge in [0.25, 0.3) is 0 Å². The van der Waals surface area contributed by atoms with Crippen molar-refractivity contribution in [2.75, 3.05) is 20.6 Å². The predicted molar refractivity (Wildman–Crippen MR) is 72.1 cm³/mol. The van der Waals surface area contributed by atoms with E-state index in [0.717, 1.165) is 0 Å². The fourth-order valence-electron chi connectivity index (χ4n) is 1.26. The monoisotopic (exact) mass is 242 g/mol. The number of rotatable bonds is 3. The van der Waals surface area contributed by atoms with E-state index >= 15 is 0 Å². The number of aliphatic imine (C=N–C) groups is 1. The van der Waals surface area contributed by atoms with Gasteiger partial charge in [-0.15, -0.1) is 0 Å². The number of hydrogen-bond acceptors (Lipinski definition) is 2. The molecule has 0 aliphatic heterocycles. The van der Waals surface area contributed by atoms with Crippen LogP contribution in [0.25, 0.3) is 0 Å². The molecular weight excluding hydrogens is 216 g/mol. The lowest BCUT2D eigenvalue weighted by atomic mass is 9.92. The van der Waals surface area contributed by atoms with Crippen LogP contribution in [0.4, 0.5) is 0 Å². The van der Waals surface area contributed by atoms with Crippen molar-refractivity contribution in [1.29, 1.82) is 0 Å². The van der Waals surface area contributed by atoms with E-state index in [1.54, 1.807) is 14.1 Å². The fourth-order valence-corrected chi connectivity index (χ4v) is 1.26. The Bertz CT molecular complexity index is 289. The molecule has 1 amide bonds. The van der Waals surface area contributed by atoms with Crippen LogP contribution in [0.15, 0.2) is 4.99 Å². The van der Waals surface area contributed by atoms with Crippen LogP contribution in [-0.2, 0) is 4.79 Å². The van der Waals surface area contributed by atoms with Crippen molar-refractivity contribution in [3.8, 4) is 0 Å². The Balaban J connectivity index is 4.40. The lowest BCUT2D eigenvalue weighted by Crippen LogP contribution is -2.51. The second-order valence-corrected chi connectivity index (χ2v) is 5.76. The largest absolute Gasteiger partial charge is 0.359 e. The first-order valence-electron chi connectivity index (χ1n) is 5.83. The number of nitrogens with one attached hydrogen (secondary N) is 3. The van der Waals surface area contributed by atoms with E-state index in [1.807, 2.05) is 13.8 Å². The van der Waals surface area contributed by atoms with Gasteiger partial charge in [0.1, 0.15) is 0 Å². The smallest absolute Gasteiger partial charge is 0.227 e. The molecule has 0 atom stereocenters. The third-order valence-electron chi connectivity index (χ3n) is 2.26. The summed E-state index contributed by atoms with van der Waals surface area (Å²) in [5, 5.41) is 9.06. The summed E-state index contributed by atoms with van der Waals surface area (Å²) in [6, 6.07) is 0. The zero-order chi connectivity index (χ0) is 13.7. The van der Waals surface area contributed by atoms with Crippen LogP contribution in [0.5, 0.6) is 0 Å². The van der Waals surface area contributed by atoms with E-state index in [-0.39, 0.29) is 11.4 Å². The first kappa shape index (κ1) is 15.7. The van der Waals surface area contributed by atoms with Crippen molar-refractivity contribution in [2.24, 2.45) is 10.4 Å². The summed E-state index contributed by atoms with van der Waals surface area (Å²) in [6.07, 6.45) is 0. The van der Waals surface area contributed by atoms with E-state index in [4.69, 9.17) is 0 Å². The van der Waals surface area contributed by atoms with E-state index in [0.29, 0.717) is 12.5 Å². The van der Waals surface area contributed by atoms with Crippen LogP contribution in [0.2, 0.25) is 0 Å². The van der Waals surface area contributed by atoms with Crippen LogP contribution >= 0.6 is 0 Å². The summed E-state index contributed by atoms with van der Waals surface area (Å²) in [5.41, 5.74) is -0.525. The highest BCUT2D eigenvalue weighted by Crippen LogP contribution is 2.13. The maximum Gasteiger partial charge on any atom is 0.227 e. The lowest BCUT2D eigenvalue weighted by molar-refractivity contribution is -0.128. The number of amides is 1. The Hall–Kier alpha value is -1.26. The summed E-state index contributed by atoms with van der Waals surface area (Å²) in [5.74, 6) is 0.714. The molecular formula is C12H26N4O. The Morgan fingerprint density at radius 1 is 1.18 bits per heavy atom.